The second-order valence-electron chi connectivity index (χ2n) is 4.30. The third kappa shape index (κ3) is 1.83. The molecule has 16 heavy (non-hydrogen) atoms. The van der Waals surface area contributed by atoms with Crippen LogP contribution in [0.5, 0.6) is 0 Å². The van der Waals surface area contributed by atoms with E-state index in [-0.39, 0.29) is 5.78 Å². The normalized spacial score (nSPS) is 11.2. The molecule has 0 amide bonds. The summed E-state index contributed by atoms with van der Waals surface area (Å²) in [7, 11) is 0. The van der Waals surface area contributed by atoms with Crippen LogP contribution in [-0.4, -0.2) is 20.4 Å². The van der Waals surface area contributed by atoms with Gasteiger partial charge >= 0.3 is 0 Å². The molecule has 2 aromatic heterocycles. The lowest BCUT2D eigenvalue weighted by molar-refractivity contribution is -0.116. The van der Waals surface area contributed by atoms with Gasteiger partial charge in [-0.3, -0.25) is 9.20 Å². The molecule has 0 fully saturated rings. The van der Waals surface area contributed by atoms with E-state index in [2.05, 4.69) is 24.0 Å². The van der Waals surface area contributed by atoms with Gasteiger partial charge in [-0.2, -0.15) is 0 Å². The van der Waals surface area contributed by atoms with E-state index in [1.54, 1.807) is 6.92 Å². The highest BCUT2D eigenvalue weighted by Crippen LogP contribution is 2.16. The Morgan fingerprint density at radius 1 is 1.38 bits per heavy atom. The number of fused-ring (bicyclic) bond motifs is 1. The fraction of sp³-hybridized carbons (Fsp3) is 0.417. The summed E-state index contributed by atoms with van der Waals surface area (Å²) in [6, 6.07) is 5.76. The first kappa shape index (κ1) is 10.8. The van der Waals surface area contributed by atoms with Crippen molar-refractivity contribution in [1.82, 2.24) is 14.6 Å². The van der Waals surface area contributed by atoms with E-state index in [0.717, 1.165) is 17.2 Å². The Morgan fingerprint density at radius 3 is 2.75 bits per heavy atom. The van der Waals surface area contributed by atoms with Gasteiger partial charge in [0.25, 0.3) is 0 Å². The molecule has 84 valence electrons. The topological polar surface area (TPSA) is 47.3 Å². The van der Waals surface area contributed by atoms with Crippen molar-refractivity contribution < 1.29 is 4.79 Å². The molecule has 0 atom stereocenters. The monoisotopic (exact) mass is 217 g/mol. The van der Waals surface area contributed by atoms with E-state index in [9.17, 15) is 4.79 Å². The van der Waals surface area contributed by atoms with Gasteiger partial charge < -0.3 is 0 Å². The third-order valence-corrected chi connectivity index (χ3v) is 2.48. The lowest BCUT2D eigenvalue weighted by Gasteiger charge is -2.07. The van der Waals surface area contributed by atoms with Crippen LogP contribution in [0.1, 0.15) is 38.2 Å². The van der Waals surface area contributed by atoms with Gasteiger partial charge in [0.05, 0.1) is 0 Å². The molecule has 0 aliphatic carbocycles. The minimum atomic E-state index is 0.149. The van der Waals surface area contributed by atoms with Gasteiger partial charge in [0, 0.05) is 18.0 Å². The predicted octanol–water partition coefficient (Wildman–Crippen LogP) is 1.98. The number of ketones is 1. The summed E-state index contributed by atoms with van der Waals surface area (Å²) in [5, 5.41) is 8.27. The molecule has 4 heteroatoms. The predicted molar refractivity (Wildman–Crippen MR) is 61.5 cm³/mol. The van der Waals surface area contributed by atoms with Crippen LogP contribution in [0.3, 0.4) is 0 Å². The van der Waals surface area contributed by atoms with Crippen molar-refractivity contribution in [3.05, 3.63) is 29.7 Å². The summed E-state index contributed by atoms with van der Waals surface area (Å²) in [6.45, 7) is 5.74. The summed E-state index contributed by atoms with van der Waals surface area (Å²) >= 11 is 0. The van der Waals surface area contributed by atoms with Crippen molar-refractivity contribution in [3.8, 4) is 0 Å². The fourth-order valence-electron chi connectivity index (χ4n) is 1.80. The smallest absolute Gasteiger partial charge is 0.161 e. The maximum atomic E-state index is 11.2. The molecule has 0 radical (unpaired) electrons. The van der Waals surface area contributed by atoms with Gasteiger partial charge in [0.15, 0.2) is 5.65 Å². The number of pyridine rings is 1. The molecule has 2 rings (SSSR count). The quantitative estimate of drug-likeness (QED) is 0.789. The number of Topliss-reactive ketones (excluding diaryl/α,β-unsaturated/α-hetero) is 1. The third-order valence-electron chi connectivity index (χ3n) is 2.48. The molecule has 0 spiro atoms. The van der Waals surface area contributed by atoms with E-state index in [1.807, 2.05) is 22.6 Å². The second-order valence-corrected chi connectivity index (χ2v) is 4.30. The standard InChI is InChI=1S/C12H15N3O/c1-8(2)12-14-13-11-6-4-5-10(15(11)12)7-9(3)16/h4-6,8H,7H2,1-3H3. The molecular weight excluding hydrogens is 202 g/mol. The molecular formula is C12H15N3O. The number of hydrogen-bond donors (Lipinski definition) is 0. The number of rotatable bonds is 3. The molecule has 0 N–H and O–H groups in total. The van der Waals surface area contributed by atoms with Gasteiger partial charge in [-0.25, -0.2) is 0 Å². The Bertz CT molecular complexity index is 528. The van der Waals surface area contributed by atoms with E-state index >= 15 is 0 Å². The van der Waals surface area contributed by atoms with Crippen LogP contribution in [0.15, 0.2) is 18.2 Å². The molecule has 0 aromatic carbocycles. The largest absolute Gasteiger partial charge is 0.300 e. The van der Waals surface area contributed by atoms with Crippen LogP contribution in [-0.2, 0) is 11.2 Å². The molecule has 0 saturated carbocycles. The van der Waals surface area contributed by atoms with Gasteiger partial charge in [0.2, 0.25) is 0 Å². The maximum Gasteiger partial charge on any atom is 0.161 e. The van der Waals surface area contributed by atoms with Crippen LogP contribution < -0.4 is 0 Å². The first-order chi connectivity index (χ1) is 7.59. The number of nitrogens with zero attached hydrogens (tertiary/aromatic N) is 3. The first-order valence-electron chi connectivity index (χ1n) is 5.42. The van der Waals surface area contributed by atoms with Crippen LogP contribution in [0.25, 0.3) is 5.65 Å². The van der Waals surface area contributed by atoms with E-state index in [0.29, 0.717) is 12.3 Å². The number of aromatic nitrogens is 3. The summed E-state index contributed by atoms with van der Waals surface area (Å²) in [6.07, 6.45) is 0.426. The molecule has 2 heterocycles. The second kappa shape index (κ2) is 4.04. The zero-order valence-corrected chi connectivity index (χ0v) is 9.77. The van der Waals surface area contributed by atoms with Crippen LogP contribution in [0.2, 0.25) is 0 Å². The summed E-state index contributed by atoms with van der Waals surface area (Å²) < 4.78 is 1.98. The molecule has 2 aromatic rings. The molecule has 4 nitrogen and oxygen atoms in total. The summed E-state index contributed by atoms with van der Waals surface area (Å²) in [4.78, 5) is 11.2. The van der Waals surface area contributed by atoms with Crippen molar-refractivity contribution in [3.63, 3.8) is 0 Å². The van der Waals surface area contributed by atoms with Gasteiger partial charge in [0.1, 0.15) is 11.6 Å². The Labute approximate surface area is 94.3 Å². The minimum absolute atomic E-state index is 0.149. The average molecular weight is 217 g/mol. The van der Waals surface area contributed by atoms with Gasteiger partial charge in [-0.05, 0) is 19.1 Å². The molecule has 0 saturated heterocycles. The van der Waals surface area contributed by atoms with Crippen molar-refractivity contribution in [2.75, 3.05) is 0 Å². The highest BCUT2D eigenvalue weighted by atomic mass is 16.1. The van der Waals surface area contributed by atoms with E-state index < -0.39 is 0 Å². The number of carbonyl (C=O) groups excluding carboxylic acids is 1. The summed E-state index contributed by atoms with van der Waals surface area (Å²) in [5.74, 6) is 1.35. The SMILES string of the molecule is CC(=O)Cc1cccc2nnc(C(C)C)n12. The van der Waals surface area contributed by atoms with Crippen molar-refractivity contribution >= 4 is 11.4 Å². The highest BCUT2D eigenvalue weighted by molar-refractivity contribution is 5.78. The molecule has 0 bridgehead atoms. The molecule has 0 aliphatic rings. The number of hydrogen-bond acceptors (Lipinski definition) is 3. The Hall–Kier alpha value is -1.71. The maximum absolute atomic E-state index is 11.2. The zero-order valence-electron chi connectivity index (χ0n) is 9.77. The van der Waals surface area contributed by atoms with Crippen LogP contribution >= 0.6 is 0 Å². The fourth-order valence-corrected chi connectivity index (χ4v) is 1.80. The average Bonchev–Trinajstić information content (AvgIpc) is 2.61. The Kier molecular flexibility index (Phi) is 2.73. The lowest BCUT2D eigenvalue weighted by atomic mass is 10.1. The molecule has 0 unspecified atom stereocenters. The molecule has 0 aliphatic heterocycles. The van der Waals surface area contributed by atoms with Crippen LogP contribution in [0, 0.1) is 0 Å². The van der Waals surface area contributed by atoms with Gasteiger partial charge in [-0.15, -0.1) is 10.2 Å². The zero-order chi connectivity index (χ0) is 11.7. The van der Waals surface area contributed by atoms with E-state index in [1.165, 1.54) is 0 Å². The van der Waals surface area contributed by atoms with Crippen molar-refractivity contribution in [1.29, 1.82) is 0 Å². The highest BCUT2D eigenvalue weighted by Gasteiger charge is 2.12. The number of carbonyl (C=O) groups is 1. The van der Waals surface area contributed by atoms with E-state index in [4.69, 9.17) is 0 Å². The van der Waals surface area contributed by atoms with Crippen LogP contribution in [0.4, 0.5) is 0 Å². The first-order valence-corrected chi connectivity index (χ1v) is 5.42. The van der Waals surface area contributed by atoms with Crippen molar-refractivity contribution in [2.24, 2.45) is 0 Å². The van der Waals surface area contributed by atoms with Crippen molar-refractivity contribution in [2.45, 2.75) is 33.1 Å². The lowest BCUT2D eigenvalue weighted by Crippen LogP contribution is -2.06. The Balaban J connectivity index is 2.63. The Morgan fingerprint density at radius 2 is 2.12 bits per heavy atom. The summed E-state index contributed by atoms with van der Waals surface area (Å²) in [5.41, 5.74) is 1.76. The minimum Gasteiger partial charge on any atom is -0.300 e. The van der Waals surface area contributed by atoms with Gasteiger partial charge in [-0.1, -0.05) is 19.9 Å².